The number of ketones is 1. The normalized spacial score (nSPS) is 11.9. The zero-order valence-corrected chi connectivity index (χ0v) is 19.7. The van der Waals surface area contributed by atoms with Gasteiger partial charge >= 0.3 is 12.4 Å². The molecule has 3 rings (SSSR count). The highest BCUT2D eigenvalue weighted by atomic mass is 32.2. The van der Waals surface area contributed by atoms with Crippen LogP contribution >= 0.6 is 0 Å². The van der Waals surface area contributed by atoms with Gasteiger partial charge in [0.1, 0.15) is 22.3 Å². The maximum atomic E-state index is 13.0. The number of halogens is 6. The Hall–Kier alpha value is -4.25. The number of carbonyl (C=O) groups excluding carboxylic acids is 1. The number of carbonyl (C=O) groups is 1. The van der Waals surface area contributed by atoms with Crippen molar-refractivity contribution in [1.29, 1.82) is 5.26 Å². The van der Waals surface area contributed by atoms with Crippen LogP contribution < -0.4 is 14.2 Å². The lowest BCUT2D eigenvalue weighted by molar-refractivity contribution is -0.154. The number of nitriles is 1. The van der Waals surface area contributed by atoms with Crippen molar-refractivity contribution in [3.05, 3.63) is 83.4 Å². The van der Waals surface area contributed by atoms with E-state index in [4.69, 9.17) is 0 Å². The molecule has 0 saturated carbocycles. The summed E-state index contributed by atoms with van der Waals surface area (Å²) in [5.74, 6) is -2.33. The highest BCUT2D eigenvalue weighted by Gasteiger charge is 2.34. The molecular formula is C24H16F6N2O5S. The van der Waals surface area contributed by atoms with Crippen molar-refractivity contribution in [1.82, 2.24) is 0 Å². The number of anilines is 1. The first-order valence-corrected chi connectivity index (χ1v) is 11.9. The fraction of sp³-hybridized carbons (Fsp3) is 0.167. The van der Waals surface area contributed by atoms with Gasteiger partial charge in [-0.25, -0.2) is 8.42 Å². The molecule has 200 valence electrons. The fourth-order valence-corrected chi connectivity index (χ4v) is 4.30. The Kier molecular flexibility index (Phi) is 8.21. The summed E-state index contributed by atoms with van der Waals surface area (Å²) >= 11 is 0. The van der Waals surface area contributed by atoms with Gasteiger partial charge in [-0.2, -0.15) is 31.6 Å². The molecule has 14 heteroatoms. The number of hydrogen-bond acceptors (Lipinski definition) is 6. The maximum Gasteiger partial charge on any atom is 0.422 e. The number of sulfonamides is 1. The van der Waals surface area contributed by atoms with Gasteiger partial charge in [-0.1, -0.05) is 30.3 Å². The Labute approximate surface area is 212 Å². The van der Waals surface area contributed by atoms with Crippen molar-refractivity contribution in [2.45, 2.75) is 17.2 Å². The van der Waals surface area contributed by atoms with Crippen molar-refractivity contribution >= 4 is 21.5 Å². The molecule has 0 amide bonds. The summed E-state index contributed by atoms with van der Waals surface area (Å²) in [5.41, 5.74) is -0.493. The van der Waals surface area contributed by atoms with E-state index in [2.05, 4.69) is 14.2 Å². The smallest absolute Gasteiger partial charge is 0.422 e. The number of alkyl halides is 6. The van der Waals surface area contributed by atoms with E-state index < -0.39 is 57.5 Å². The number of ether oxygens (including phenoxy) is 2. The molecule has 0 atom stereocenters. The van der Waals surface area contributed by atoms with Gasteiger partial charge in [0.05, 0.1) is 0 Å². The van der Waals surface area contributed by atoms with E-state index >= 15 is 0 Å². The lowest BCUT2D eigenvalue weighted by Gasteiger charge is -2.18. The summed E-state index contributed by atoms with van der Waals surface area (Å²) in [6, 6.07) is 15.9. The van der Waals surface area contributed by atoms with E-state index in [9.17, 15) is 44.8 Å². The van der Waals surface area contributed by atoms with Crippen molar-refractivity contribution < 1.29 is 49.0 Å². The number of benzene rings is 3. The molecule has 0 heterocycles. The van der Waals surface area contributed by atoms with Crippen molar-refractivity contribution in [3.63, 3.8) is 0 Å². The van der Waals surface area contributed by atoms with Gasteiger partial charge < -0.3 is 9.47 Å². The van der Waals surface area contributed by atoms with Crippen LogP contribution in [0.25, 0.3) is 0 Å². The lowest BCUT2D eigenvalue weighted by Crippen LogP contribution is -2.23. The van der Waals surface area contributed by atoms with Crippen molar-refractivity contribution in [3.8, 4) is 17.6 Å². The molecule has 0 bridgehead atoms. The second-order valence-corrected chi connectivity index (χ2v) is 9.21. The standard InChI is InChI=1S/C24H16F6N2O5S/c25-23(26,27)13-36-19-10-11-20(22(18(19)12-31)37-14-24(28,29)30)38(34,35)32-17-8-6-16(7-9-17)21(33)15-4-2-1-3-5-15/h1-11,32H,13-14H2. The largest absolute Gasteiger partial charge is 0.483 e. The van der Waals surface area contributed by atoms with Gasteiger partial charge in [0.25, 0.3) is 10.0 Å². The van der Waals surface area contributed by atoms with Crippen LogP contribution in [0.1, 0.15) is 21.5 Å². The predicted octanol–water partition coefficient (Wildman–Crippen LogP) is 5.47. The minimum Gasteiger partial charge on any atom is -0.483 e. The van der Waals surface area contributed by atoms with Gasteiger partial charge in [-0.3, -0.25) is 9.52 Å². The molecule has 0 spiro atoms. The molecule has 0 aliphatic rings. The molecule has 0 saturated heterocycles. The zero-order valence-electron chi connectivity index (χ0n) is 18.9. The van der Waals surface area contributed by atoms with Crippen LogP contribution in [-0.2, 0) is 10.0 Å². The monoisotopic (exact) mass is 558 g/mol. The topological polar surface area (TPSA) is 105 Å². The van der Waals surface area contributed by atoms with Crippen molar-refractivity contribution in [2.75, 3.05) is 17.9 Å². The molecule has 0 aliphatic heterocycles. The molecule has 3 aromatic rings. The molecule has 1 N–H and O–H groups in total. The molecule has 0 unspecified atom stereocenters. The third kappa shape index (κ3) is 7.39. The average molecular weight is 558 g/mol. The highest BCUT2D eigenvalue weighted by molar-refractivity contribution is 7.92. The van der Waals surface area contributed by atoms with Gasteiger partial charge in [0.15, 0.2) is 24.7 Å². The zero-order chi connectivity index (χ0) is 28.1. The van der Waals surface area contributed by atoms with Crippen LogP contribution in [0.2, 0.25) is 0 Å². The highest BCUT2D eigenvalue weighted by Crippen LogP contribution is 2.37. The Morgan fingerprint density at radius 1 is 0.816 bits per heavy atom. The molecule has 7 nitrogen and oxygen atoms in total. The van der Waals surface area contributed by atoms with Crippen LogP contribution in [0.3, 0.4) is 0 Å². The lowest BCUT2D eigenvalue weighted by atomic mass is 10.0. The van der Waals surface area contributed by atoms with Crippen molar-refractivity contribution in [2.24, 2.45) is 0 Å². The third-order valence-electron chi connectivity index (χ3n) is 4.69. The third-order valence-corrected chi connectivity index (χ3v) is 6.10. The van der Waals surface area contributed by atoms with Crippen LogP contribution in [0.4, 0.5) is 32.0 Å². The predicted molar refractivity (Wildman–Crippen MR) is 121 cm³/mol. The van der Waals surface area contributed by atoms with Crippen LogP contribution in [0, 0.1) is 11.3 Å². The maximum absolute atomic E-state index is 13.0. The number of rotatable bonds is 9. The molecule has 38 heavy (non-hydrogen) atoms. The molecule has 0 aromatic heterocycles. The fourth-order valence-electron chi connectivity index (χ4n) is 3.10. The van der Waals surface area contributed by atoms with E-state index in [1.807, 2.05) is 0 Å². The second-order valence-electron chi connectivity index (χ2n) is 7.56. The first kappa shape index (κ1) is 28.3. The minimum atomic E-state index is -4.97. The quantitative estimate of drug-likeness (QED) is 0.276. The summed E-state index contributed by atoms with van der Waals surface area (Å²) in [7, 11) is -4.75. The number of nitrogens with one attached hydrogen (secondary N) is 1. The summed E-state index contributed by atoms with van der Waals surface area (Å²) in [5, 5.41) is 9.39. The summed E-state index contributed by atoms with van der Waals surface area (Å²) in [6.45, 7) is -3.93. The Morgan fingerprint density at radius 2 is 1.37 bits per heavy atom. The first-order chi connectivity index (χ1) is 17.7. The second kappa shape index (κ2) is 11.0. The Morgan fingerprint density at radius 3 is 1.92 bits per heavy atom. The number of hydrogen-bond donors (Lipinski definition) is 1. The SMILES string of the molecule is N#Cc1c(OCC(F)(F)F)ccc(S(=O)(=O)Nc2ccc(C(=O)c3ccccc3)cc2)c1OCC(F)(F)F. The summed E-state index contributed by atoms with van der Waals surface area (Å²) < 4.78 is 113. The molecular weight excluding hydrogens is 542 g/mol. The summed E-state index contributed by atoms with van der Waals surface area (Å²) in [4.78, 5) is 11.6. The van der Waals surface area contributed by atoms with Gasteiger partial charge in [0, 0.05) is 16.8 Å². The Bertz CT molecular complexity index is 1450. The number of nitrogens with zero attached hydrogens (tertiary/aromatic N) is 1. The summed E-state index contributed by atoms with van der Waals surface area (Å²) in [6.07, 6.45) is -9.81. The van der Waals surface area contributed by atoms with Gasteiger partial charge in [0.2, 0.25) is 0 Å². The average Bonchev–Trinajstić information content (AvgIpc) is 2.85. The van der Waals surface area contributed by atoms with Gasteiger partial charge in [-0.15, -0.1) is 0 Å². The molecule has 0 radical (unpaired) electrons. The van der Waals surface area contributed by atoms with E-state index in [-0.39, 0.29) is 17.0 Å². The molecule has 3 aromatic carbocycles. The minimum absolute atomic E-state index is 0.104. The van der Waals surface area contributed by atoms with E-state index in [1.54, 1.807) is 30.3 Å². The van der Waals surface area contributed by atoms with E-state index in [0.717, 1.165) is 0 Å². The Balaban J connectivity index is 1.95. The van der Waals surface area contributed by atoms with Crippen LogP contribution in [0.15, 0.2) is 71.6 Å². The van der Waals surface area contributed by atoms with Gasteiger partial charge in [-0.05, 0) is 36.4 Å². The van der Waals surface area contributed by atoms with Crippen LogP contribution in [0.5, 0.6) is 11.5 Å². The first-order valence-electron chi connectivity index (χ1n) is 10.4. The molecule has 0 fully saturated rings. The van der Waals surface area contributed by atoms with E-state index in [1.165, 1.54) is 30.3 Å². The molecule has 0 aliphatic carbocycles. The van der Waals surface area contributed by atoms with E-state index in [0.29, 0.717) is 17.7 Å². The van der Waals surface area contributed by atoms with Crippen LogP contribution in [-0.4, -0.2) is 39.8 Å².